The molecule has 1 fully saturated rings. The van der Waals surface area contributed by atoms with Crippen molar-refractivity contribution in [3.8, 4) is 0 Å². The Labute approximate surface area is 124 Å². The lowest BCUT2D eigenvalue weighted by Crippen LogP contribution is -2.39. The summed E-state index contributed by atoms with van der Waals surface area (Å²) in [4.78, 5) is 30.1. The van der Waals surface area contributed by atoms with E-state index in [-0.39, 0.29) is 11.7 Å². The molecular weight excluding hydrogens is 322 g/mol. The molecule has 20 heavy (non-hydrogen) atoms. The third kappa shape index (κ3) is 2.24. The second-order valence-corrected chi connectivity index (χ2v) is 5.87. The van der Waals surface area contributed by atoms with E-state index in [1.807, 2.05) is 25.3 Å². The number of Topliss-reactive ketones (excluding diaryl/α,β-unsaturated/α-hetero) is 1. The highest BCUT2D eigenvalue weighted by atomic mass is 79.9. The average molecular weight is 336 g/mol. The van der Waals surface area contributed by atoms with E-state index in [1.54, 1.807) is 9.30 Å². The molecule has 2 aromatic rings. The van der Waals surface area contributed by atoms with Crippen molar-refractivity contribution in [2.24, 2.45) is 0 Å². The molecule has 3 heterocycles. The number of fused-ring (bicyclic) bond motifs is 1. The topological polar surface area (TPSA) is 54.7 Å². The van der Waals surface area contributed by atoms with Crippen LogP contribution in [0, 0.1) is 6.92 Å². The molecule has 1 aliphatic rings. The van der Waals surface area contributed by atoms with Crippen molar-refractivity contribution in [3.63, 3.8) is 0 Å². The molecule has 3 rings (SSSR count). The number of piperidine rings is 1. The van der Waals surface area contributed by atoms with Gasteiger partial charge >= 0.3 is 0 Å². The number of carbonyl (C=O) groups excluding carboxylic acids is 2. The lowest BCUT2D eigenvalue weighted by molar-refractivity contribution is -0.120. The monoisotopic (exact) mass is 335 g/mol. The van der Waals surface area contributed by atoms with Crippen LogP contribution in [0.3, 0.4) is 0 Å². The number of hydrogen-bond acceptors (Lipinski definition) is 3. The van der Waals surface area contributed by atoms with Gasteiger partial charge in [0.05, 0.1) is 5.69 Å². The van der Waals surface area contributed by atoms with Gasteiger partial charge in [-0.3, -0.25) is 14.0 Å². The number of nitrogens with zero attached hydrogens (tertiary/aromatic N) is 3. The van der Waals surface area contributed by atoms with Crippen LogP contribution < -0.4 is 0 Å². The van der Waals surface area contributed by atoms with E-state index in [4.69, 9.17) is 0 Å². The number of halogens is 1. The maximum absolute atomic E-state index is 12.7. The zero-order valence-electron chi connectivity index (χ0n) is 11.1. The summed E-state index contributed by atoms with van der Waals surface area (Å²) in [6.45, 7) is 2.83. The first kappa shape index (κ1) is 13.3. The smallest absolute Gasteiger partial charge is 0.272 e. The Balaban J connectivity index is 2.00. The normalized spacial score (nSPS) is 15.9. The molecule has 2 aromatic heterocycles. The molecule has 0 aromatic carbocycles. The maximum atomic E-state index is 12.7. The van der Waals surface area contributed by atoms with E-state index in [0.717, 1.165) is 10.1 Å². The van der Waals surface area contributed by atoms with Crippen LogP contribution in [0.4, 0.5) is 0 Å². The molecule has 0 spiro atoms. The van der Waals surface area contributed by atoms with Gasteiger partial charge < -0.3 is 4.90 Å². The number of aryl methyl sites for hydroxylation is 1. The van der Waals surface area contributed by atoms with Crippen molar-refractivity contribution in [3.05, 3.63) is 34.2 Å². The summed E-state index contributed by atoms with van der Waals surface area (Å²) in [7, 11) is 0. The van der Waals surface area contributed by atoms with Crippen LogP contribution in [-0.4, -0.2) is 39.1 Å². The number of pyridine rings is 1. The van der Waals surface area contributed by atoms with E-state index in [2.05, 4.69) is 20.9 Å². The summed E-state index contributed by atoms with van der Waals surface area (Å²) >= 11 is 3.41. The Hall–Kier alpha value is -1.69. The molecule has 5 nitrogen and oxygen atoms in total. The Kier molecular flexibility index (Phi) is 3.33. The van der Waals surface area contributed by atoms with Crippen LogP contribution in [-0.2, 0) is 4.79 Å². The maximum Gasteiger partial charge on any atom is 0.272 e. The number of carbonyl (C=O) groups is 2. The molecule has 0 bridgehead atoms. The molecule has 1 saturated heterocycles. The minimum absolute atomic E-state index is 0.0550. The third-order valence-corrected chi connectivity index (χ3v) is 4.04. The van der Waals surface area contributed by atoms with Crippen LogP contribution in [0.15, 0.2) is 22.8 Å². The molecule has 0 radical (unpaired) electrons. The summed E-state index contributed by atoms with van der Waals surface area (Å²) in [6.07, 6.45) is 2.74. The van der Waals surface area contributed by atoms with Gasteiger partial charge in [-0.25, -0.2) is 4.98 Å². The average Bonchev–Trinajstić information content (AvgIpc) is 2.74. The molecular formula is C14H14BrN3O2. The summed E-state index contributed by atoms with van der Waals surface area (Å²) in [5.41, 5.74) is 2.04. The van der Waals surface area contributed by atoms with Gasteiger partial charge in [-0.2, -0.15) is 0 Å². The van der Waals surface area contributed by atoms with Gasteiger partial charge in [-0.05, 0) is 35.0 Å². The van der Waals surface area contributed by atoms with Crippen molar-refractivity contribution in [1.29, 1.82) is 0 Å². The van der Waals surface area contributed by atoms with Gasteiger partial charge in [0.15, 0.2) is 0 Å². The minimum atomic E-state index is -0.0550. The van der Waals surface area contributed by atoms with Crippen molar-refractivity contribution in [2.45, 2.75) is 19.8 Å². The standard InChI is InChI=1S/C14H14BrN3O2/c1-9-13(14(20)17-6-4-11(19)5-7-17)18-8-10(15)2-3-12(18)16-9/h2-3,8H,4-7H2,1H3. The van der Waals surface area contributed by atoms with Gasteiger partial charge in [0, 0.05) is 36.6 Å². The Bertz CT molecular complexity index is 698. The summed E-state index contributed by atoms with van der Waals surface area (Å²) < 4.78 is 2.70. The van der Waals surface area contributed by atoms with E-state index < -0.39 is 0 Å². The van der Waals surface area contributed by atoms with Crippen molar-refractivity contribution in [1.82, 2.24) is 14.3 Å². The molecule has 0 unspecified atom stereocenters. The van der Waals surface area contributed by atoms with Crippen LogP contribution in [0.5, 0.6) is 0 Å². The highest BCUT2D eigenvalue weighted by Crippen LogP contribution is 2.19. The van der Waals surface area contributed by atoms with Gasteiger partial charge in [0.2, 0.25) is 0 Å². The fourth-order valence-corrected chi connectivity index (χ4v) is 2.84. The SMILES string of the molecule is Cc1nc2ccc(Br)cn2c1C(=O)N1CCC(=O)CC1. The number of ketones is 1. The first-order valence-electron chi connectivity index (χ1n) is 6.51. The molecule has 0 aliphatic carbocycles. The number of rotatable bonds is 1. The summed E-state index contributed by atoms with van der Waals surface area (Å²) in [5.74, 6) is 0.173. The summed E-state index contributed by atoms with van der Waals surface area (Å²) in [5, 5.41) is 0. The lowest BCUT2D eigenvalue weighted by Gasteiger charge is -2.26. The van der Waals surface area contributed by atoms with Crippen molar-refractivity contribution < 1.29 is 9.59 Å². The number of likely N-dealkylation sites (tertiary alicyclic amines) is 1. The number of hydrogen-bond donors (Lipinski definition) is 0. The van der Waals surface area contributed by atoms with E-state index in [1.165, 1.54) is 0 Å². The third-order valence-electron chi connectivity index (χ3n) is 3.57. The Morgan fingerprint density at radius 2 is 2.00 bits per heavy atom. The Morgan fingerprint density at radius 3 is 2.70 bits per heavy atom. The van der Waals surface area contributed by atoms with E-state index >= 15 is 0 Å². The number of imidazole rings is 1. The van der Waals surface area contributed by atoms with Crippen molar-refractivity contribution >= 4 is 33.3 Å². The zero-order chi connectivity index (χ0) is 14.3. The molecule has 1 amide bonds. The van der Waals surface area contributed by atoms with Gasteiger partial charge in [0.25, 0.3) is 5.91 Å². The second-order valence-electron chi connectivity index (χ2n) is 4.95. The molecule has 1 aliphatic heterocycles. The second kappa shape index (κ2) is 5.01. The highest BCUT2D eigenvalue weighted by Gasteiger charge is 2.26. The first-order chi connectivity index (χ1) is 9.56. The van der Waals surface area contributed by atoms with Gasteiger partial charge in [-0.1, -0.05) is 0 Å². The molecule has 104 valence electrons. The molecule has 0 atom stereocenters. The number of amides is 1. The van der Waals surface area contributed by atoms with Gasteiger partial charge in [-0.15, -0.1) is 0 Å². The predicted molar refractivity (Wildman–Crippen MR) is 77.8 cm³/mol. The summed E-state index contributed by atoms with van der Waals surface area (Å²) in [6, 6.07) is 3.77. The Morgan fingerprint density at radius 1 is 1.30 bits per heavy atom. The lowest BCUT2D eigenvalue weighted by atomic mass is 10.1. The zero-order valence-corrected chi connectivity index (χ0v) is 12.7. The van der Waals surface area contributed by atoms with Crippen molar-refractivity contribution in [2.75, 3.05) is 13.1 Å². The molecule has 6 heteroatoms. The van der Waals surface area contributed by atoms with Gasteiger partial charge in [0.1, 0.15) is 17.1 Å². The quantitative estimate of drug-likeness (QED) is 0.802. The largest absolute Gasteiger partial charge is 0.336 e. The van der Waals surface area contributed by atoms with Crippen LogP contribution in [0.25, 0.3) is 5.65 Å². The molecule has 0 N–H and O–H groups in total. The van der Waals surface area contributed by atoms with Crippen LogP contribution in [0.2, 0.25) is 0 Å². The fourth-order valence-electron chi connectivity index (χ4n) is 2.50. The fraction of sp³-hybridized carbons (Fsp3) is 0.357. The number of aromatic nitrogens is 2. The first-order valence-corrected chi connectivity index (χ1v) is 7.31. The highest BCUT2D eigenvalue weighted by molar-refractivity contribution is 9.10. The molecule has 0 saturated carbocycles. The van der Waals surface area contributed by atoms with Crippen LogP contribution >= 0.6 is 15.9 Å². The minimum Gasteiger partial charge on any atom is -0.336 e. The van der Waals surface area contributed by atoms with Crippen LogP contribution in [0.1, 0.15) is 29.0 Å². The predicted octanol–water partition coefficient (Wildman–Crippen LogP) is 2.21. The van der Waals surface area contributed by atoms with E-state index in [9.17, 15) is 9.59 Å². The van der Waals surface area contributed by atoms with E-state index in [0.29, 0.717) is 37.3 Å².